The molecule has 1 saturated carbocycles. The number of carbonyl (C=O) groups excluding carboxylic acids is 1. The first kappa shape index (κ1) is 16.5. The Hall–Kier alpha value is -1.40. The fourth-order valence-electron chi connectivity index (χ4n) is 3.03. The average Bonchev–Trinajstić information content (AvgIpc) is 3.39. The van der Waals surface area contributed by atoms with Gasteiger partial charge in [-0.2, -0.15) is 4.31 Å². The maximum atomic E-state index is 12.4. The number of aryl methyl sites for hydroxylation is 1. The quantitative estimate of drug-likeness (QED) is 0.821. The molecular formula is C17H24N2O3S. The molecule has 0 bridgehead atoms. The van der Waals surface area contributed by atoms with Gasteiger partial charge in [0.2, 0.25) is 15.9 Å². The lowest BCUT2D eigenvalue weighted by Crippen LogP contribution is -2.38. The van der Waals surface area contributed by atoms with Gasteiger partial charge in [0.05, 0.1) is 5.25 Å². The van der Waals surface area contributed by atoms with Gasteiger partial charge in [-0.15, -0.1) is 0 Å². The van der Waals surface area contributed by atoms with Crippen LogP contribution in [0.4, 0.5) is 0 Å². The highest BCUT2D eigenvalue weighted by atomic mass is 32.2. The largest absolute Gasteiger partial charge is 0.341 e. The van der Waals surface area contributed by atoms with E-state index < -0.39 is 10.0 Å². The highest BCUT2D eigenvalue weighted by Crippen LogP contribution is 2.31. The van der Waals surface area contributed by atoms with Gasteiger partial charge in [0.15, 0.2) is 0 Å². The Morgan fingerprint density at radius 3 is 2.48 bits per heavy atom. The summed E-state index contributed by atoms with van der Waals surface area (Å²) in [5, 5.41) is -0.164. The van der Waals surface area contributed by atoms with Gasteiger partial charge < -0.3 is 4.90 Å². The molecule has 1 aromatic carbocycles. The molecule has 0 radical (unpaired) electrons. The van der Waals surface area contributed by atoms with Gasteiger partial charge in [-0.05, 0) is 31.2 Å². The van der Waals surface area contributed by atoms with E-state index in [1.165, 1.54) is 0 Å². The Labute approximate surface area is 138 Å². The first-order valence-corrected chi connectivity index (χ1v) is 9.88. The summed E-state index contributed by atoms with van der Waals surface area (Å²) in [6.45, 7) is 2.15. The molecule has 1 aliphatic carbocycles. The predicted molar refractivity (Wildman–Crippen MR) is 89.5 cm³/mol. The topological polar surface area (TPSA) is 57.7 Å². The van der Waals surface area contributed by atoms with Crippen molar-refractivity contribution in [3.63, 3.8) is 0 Å². The first-order valence-electron chi connectivity index (χ1n) is 8.38. The van der Waals surface area contributed by atoms with E-state index in [9.17, 15) is 13.2 Å². The minimum Gasteiger partial charge on any atom is -0.341 e. The molecule has 2 fully saturated rings. The van der Waals surface area contributed by atoms with Crippen molar-refractivity contribution >= 4 is 15.9 Å². The van der Waals surface area contributed by atoms with Crippen molar-refractivity contribution in [3.05, 3.63) is 35.9 Å². The number of nitrogens with zero attached hydrogens (tertiary/aromatic N) is 2. The molecule has 5 nitrogen and oxygen atoms in total. The van der Waals surface area contributed by atoms with Gasteiger partial charge in [-0.25, -0.2) is 8.42 Å². The number of rotatable bonds is 5. The molecule has 0 spiro atoms. The lowest BCUT2D eigenvalue weighted by Gasteiger charge is -2.22. The molecule has 126 valence electrons. The second-order valence-corrected chi connectivity index (χ2v) is 8.58. The van der Waals surface area contributed by atoms with E-state index in [0.29, 0.717) is 32.6 Å². The van der Waals surface area contributed by atoms with Crippen molar-refractivity contribution in [2.75, 3.05) is 26.2 Å². The van der Waals surface area contributed by atoms with Gasteiger partial charge in [0, 0.05) is 32.6 Å². The van der Waals surface area contributed by atoms with Crippen LogP contribution in [0.15, 0.2) is 30.3 Å². The number of hydrogen-bond acceptors (Lipinski definition) is 3. The molecule has 0 atom stereocenters. The van der Waals surface area contributed by atoms with Crippen LogP contribution in [0.3, 0.4) is 0 Å². The maximum Gasteiger partial charge on any atom is 0.222 e. The predicted octanol–water partition coefficient (Wildman–Crippen LogP) is 1.65. The van der Waals surface area contributed by atoms with E-state index in [1.54, 1.807) is 4.31 Å². The van der Waals surface area contributed by atoms with Crippen LogP contribution in [0.1, 0.15) is 31.2 Å². The van der Waals surface area contributed by atoms with Crippen molar-refractivity contribution in [2.45, 2.75) is 37.4 Å². The summed E-state index contributed by atoms with van der Waals surface area (Å²) in [7, 11) is -3.12. The van der Waals surface area contributed by atoms with E-state index >= 15 is 0 Å². The van der Waals surface area contributed by atoms with Crippen LogP contribution < -0.4 is 0 Å². The summed E-state index contributed by atoms with van der Waals surface area (Å²) in [4.78, 5) is 14.2. The molecule has 6 heteroatoms. The summed E-state index contributed by atoms with van der Waals surface area (Å²) >= 11 is 0. The third kappa shape index (κ3) is 4.12. The summed E-state index contributed by atoms with van der Waals surface area (Å²) in [6, 6.07) is 9.98. The Bertz CT molecular complexity index is 641. The second kappa shape index (κ2) is 7.01. The number of sulfonamides is 1. The van der Waals surface area contributed by atoms with Crippen LogP contribution in [-0.2, 0) is 21.2 Å². The third-order valence-electron chi connectivity index (χ3n) is 4.58. The molecule has 23 heavy (non-hydrogen) atoms. The zero-order chi connectivity index (χ0) is 16.3. The molecule has 0 unspecified atom stereocenters. The molecule has 1 aromatic rings. The standard InChI is InChI=1S/C17H24N2O3S/c20-17(10-7-15-5-2-1-3-6-15)18-11-4-12-19(14-13-18)23(21,22)16-8-9-16/h1-3,5-6,16H,4,7-14H2. The Kier molecular flexibility index (Phi) is 5.02. The highest BCUT2D eigenvalue weighted by Gasteiger charge is 2.40. The van der Waals surface area contributed by atoms with Gasteiger partial charge in [0.25, 0.3) is 0 Å². The zero-order valence-electron chi connectivity index (χ0n) is 13.4. The fraction of sp³-hybridized carbons (Fsp3) is 0.588. The smallest absolute Gasteiger partial charge is 0.222 e. The van der Waals surface area contributed by atoms with Gasteiger partial charge in [-0.3, -0.25) is 4.79 Å². The summed E-state index contributed by atoms with van der Waals surface area (Å²) < 4.78 is 26.2. The Morgan fingerprint density at radius 1 is 1.04 bits per heavy atom. The monoisotopic (exact) mass is 336 g/mol. The molecule has 0 N–H and O–H groups in total. The molecule has 2 aliphatic rings. The third-order valence-corrected chi connectivity index (χ3v) is 6.98. The lowest BCUT2D eigenvalue weighted by atomic mass is 10.1. The van der Waals surface area contributed by atoms with Crippen molar-refractivity contribution in [2.24, 2.45) is 0 Å². The van der Waals surface area contributed by atoms with Gasteiger partial charge >= 0.3 is 0 Å². The maximum absolute atomic E-state index is 12.4. The average molecular weight is 336 g/mol. The Morgan fingerprint density at radius 2 is 1.78 bits per heavy atom. The Balaban J connectivity index is 1.52. The van der Waals surface area contributed by atoms with Gasteiger partial charge in [0.1, 0.15) is 0 Å². The van der Waals surface area contributed by atoms with E-state index in [0.717, 1.165) is 31.2 Å². The number of hydrogen-bond donors (Lipinski definition) is 0. The van der Waals surface area contributed by atoms with Crippen LogP contribution in [-0.4, -0.2) is 55.0 Å². The van der Waals surface area contributed by atoms with Crippen LogP contribution in [0, 0.1) is 0 Å². The van der Waals surface area contributed by atoms with Crippen molar-refractivity contribution in [1.29, 1.82) is 0 Å². The normalized spacial score (nSPS) is 20.3. The lowest BCUT2D eigenvalue weighted by molar-refractivity contribution is -0.131. The second-order valence-electron chi connectivity index (χ2n) is 6.36. The summed E-state index contributed by atoms with van der Waals surface area (Å²) in [5.41, 5.74) is 1.16. The molecule has 3 rings (SSSR count). The minimum absolute atomic E-state index is 0.125. The number of carbonyl (C=O) groups is 1. The SMILES string of the molecule is O=C(CCc1ccccc1)N1CCCN(S(=O)(=O)C2CC2)CC1. The fourth-order valence-corrected chi connectivity index (χ4v) is 4.90. The molecule has 1 heterocycles. The van der Waals surface area contributed by atoms with E-state index in [1.807, 2.05) is 35.2 Å². The van der Waals surface area contributed by atoms with E-state index in [4.69, 9.17) is 0 Å². The van der Waals surface area contributed by atoms with Crippen molar-refractivity contribution in [1.82, 2.24) is 9.21 Å². The molecular weight excluding hydrogens is 312 g/mol. The molecule has 1 amide bonds. The van der Waals surface area contributed by atoms with Crippen LogP contribution in [0.5, 0.6) is 0 Å². The van der Waals surface area contributed by atoms with Gasteiger partial charge in [-0.1, -0.05) is 30.3 Å². The summed E-state index contributed by atoms with van der Waals surface area (Å²) in [6.07, 6.45) is 3.53. The van der Waals surface area contributed by atoms with Crippen molar-refractivity contribution in [3.8, 4) is 0 Å². The van der Waals surface area contributed by atoms with Crippen LogP contribution in [0.2, 0.25) is 0 Å². The minimum atomic E-state index is -3.12. The van der Waals surface area contributed by atoms with E-state index in [2.05, 4.69) is 0 Å². The molecule has 1 saturated heterocycles. The molecule has 0 aromatic heterocycles. The molecule has 1 aliphatic heterocycles. The van der Waals surface area contributed by atoms with Crippen LogP contribution >= 0.6 is 0 Å². The highest BCUT2D eigenvalue weighted by molar-refractivity contribution is 7.90. The first-order chi connectivity index (χ1) is 11.1. The zero-order valence-corrected chi connectivity index (χ0v) is 14.2. The number of benzene rings is 1. The summed E-state index contributed by atoms with van der Waals surface area (Å²) in [5.74, 6) is 0.125. The number of amides is 1. The van der Waals surface area contributed by atoms with Crippen molar-refractivity contribution < 1.29 is 13.2 Å². The van der Waals surface area contributed by atoms with Crippen LogP contribution in [0.25, 0.3) is 0 Å². The van der Waals surface area contributed by atoms with E-state index in [-0.39, 0.29) is 11.2 Å².